The zero-order chi connectivity index (χ0) is 25.2. The average Bonchev–Trinajstić information content (AvgIpc) is 2.77. The first-order valence-corrected chi connectivity index (χ1v) is 11.4. The molecule has 0 saturated heterocycles. The lowest BCUT2D eigenvalue weighted by atomic mass is 10.1. The van der Waals surface area contributed by atoms with E-state index in [2.05, 4.69) is 21.3 Å². The van der Waals surface area contributed by atoms with Crippen molar-refractivity contribution >= 4 is 35.1 Å². The van der Waals surface area contributed by atoms with Gasteiger partial charge < -0.3 is 26.1 Å². The van der Waals surface area contributed by atoms with E-state index in [1.807, 2.05) is 32.0 Å². The number of ketones is 3. The summed E-state index contributed by atoms with van der Waals surface area (Å²) in [7, 11) is 0. The van der Waals surface area contributed by atoms with Crippen molar-refractivity contribution in [2.45, 2.75) is 78.8 Å². The van der Waals surface area contributed by atoms with Gasteiger partial charge in [0, 0.05) is 18.7 Å². The molecule has 1 aromatic rings. The van der Waals surface area contributed by atoms with Crippen molar-refractivity contribution in [3.63, 3.8) is 0 Å². The Kier molecular flexibility index (Phi) is 15.6. The monoisotopic (exact) mass is 462 g/mol. The van der Waals surface area contributed by atoms with E-state index in [1.54, 1.807) is 12.1 Å². The molecular weight excluding hydrogens is 424 g/mol. The van der Waals surface area contributed by atoms with Crippen LogP contribution in [0.3, 0.4) is 0 Å². The second-order valence-electron chi connectivity index (χ2n) is 7.43. The molecule has 4 amide bonds. The predicted molar refractivity (Wildman–Crippen MR) is 129 cm³/mol. The molecule has 1 aromatic carbocycles. The molecule has 184 valence electrons. The molecule has 4 N–H and O–H groups in total. The number of benzene rings is 1. The lowest BCUT2D eigenvalue weighted by Crippen LogP contribution is -2.50. The summed E-state index contributed by atoms with van der Waals surface area (Å²) in [6.45, 7) is 8.57. The van der Waals surface area contributed by atoms with Crippen LogP contribution in [0.4, 0.5) is 15.3 Å². The molecule has 2 unspecified atom stereocenters. The molecule has 0 aliphatic heterocycles. The van der Waals surface area contributed by atoms with E-state index in [-0.39, 0.29) is 36.2 Å². The molecule has 0 aromatic heterocycles. The van der Waals surface area contributed by atoms with Crippen molar-refractivity contribution < 1.29 is 24.0 Å². The highest BCUT2D eigenvalue weighted by Crippen LogP contribution is 2.06. The van der Waals surface area contributed by atoms with Gasteiger partial charge in [0.05, 0.1) is 12.1 Å². The number of carbonyl (C=O) groups is 5. The van der Waals surface area contributed by atoms with Gasteiger partial charge in [0.25, 0.3) is 0 Å². The van der Waals surface area contributed by atoms with Gasteiger partial charge in [-0.05, 0) is 58.6 Å². The number of hydrogen-bond acceptors (Lipinski definition) is 5. The van der Waals surface area contributed by atoms with Gasteiger partial charge in [-0.2, -0.15) is 0 Å². The molecule has 0 aliphatic rings. The van der Waals surface area contributed by atoms with Crippen LogP contribution in [0.1, 0.15) is 66.7 Å². The highest BCUT2D eigenvalue weighted by atomic mass is 16.2. The molecule has 0 fully saturated rings. The molecule has 0 aliphatic carbocycles. The van der Waals surface area contributed by atoms with E-state index < -0.39 is 18.1 Å². The molecule has 2 atom stereocenters. The fraction of sp³-hybridized carbons (Fsp3) is 0.542. The standard InChI is InChI=1S/C22H32N4O5.C2H6/c1-15(27)12-13-20(17(3)29)26-22(31)25-19(16(2)28)11-7-8-14-23-21(30)24-18-9-5-4-6-10-18;1-2/h4-6,9-10,19-20H,7-8,11-14H2,1-3H3,(H2,23,24,30)(H2,25,26,31);1-2H3. The van der Waals surface area contributed by atoms with Crippen molar-refractivity contribution in [1.29, 1.82) is 0 Å². The maximum Gasteiger partial charge on any atom is 0.319 e. The molecule has 0 saturated carbocycles. The first kappa shape index (κ1) is 29.8. The smallest absolute Gasteiger partial charge is 0.319 e. The van der Waals surface area contributed by atoms with Crippen molar-refractivity contribution in [2.24, 2.45) is 0 Å². The number of unbranched alkanes of at least 4 members (excludes halogenated alkanes) is 1. The lowest BCUT2D eigenvalue weighted by Gasteiger charge is -2.20. The van der Waals surface area contributed by atoms with Crippen LogP contribution >= 0.6 is 0 Å². The normalized spacial score (nSPS) is 11.7. The Hall–Kier alpha value is -3.23. The Bertz CT molecular complexity index is 767. The van der Waals surface area contributed by atoms with Crippen LogP contribution in [0, 0.1) is 0 Å². The number of rotatable bonds is 13. The Labute approximate surface area is 196 Å². The highest BCUT2D eigenvalue weighted by Gasteiger charge is 2.21. The summed E-state index contributed by atoms with van der Waals surface area (Å²) in [6.07, 6.45) is 2.05. The lowest BCUT2D eigenvalue weighted by molar-refractivity contribution is -0.120. The number of amides is 4. The van der Waals surface area contributed by atoms with Crippen LogP contribution in [0.25, 0.3) is 0 Å². The van der Waals surface area contributed by atoms with Gasteiger partial charge in [-0.25, -0.2) is 9.59 Å². The summed E-state index contributed by atoms with van der Waals surface area (Å²) in [6, 6.07) is 6.66. The zero-order valence-corrected chi connectivity index (χ0v) is 20.3. The number of Topliss-reactive ketones (excluding diaryl/α,β-unsaturated/α-hetero) is 3. The Morgan fingerprint density at radius 3 is 1.82 bits per heavy atom. The van der Waals surface area contributed by atoms with E-state index in [0.717, 1.165) is 0 Å². The maximum absolute atomic E-state index is 12.2. The fourth-order valence-corrected chi connectivity index (χ4v) is 2.83. The number of carbonyl (C=O) groups excluding carboxylic acids is 5. The van der Waals surface area contributed by atoms with Crippen molar-refractivity contribution in [3.8, 4) is 0 Å². The van der Waals surface area contributed by atoms with Crippen LogP contribution in [0.5, 0.6) is 0 Å². The minimum atomic E-state index is -0.774. The van der Waals surface area contributed by atoms with Gasteiger partial charge in [-0.3, -0.25) is 9.59 Å². The van der Waals surface area contributed by atoms with Gasteiger partial charge in [0.15, 0.2) is 11.6 Å². The van der Waals surface area contributed by atoms with Gasteiger partial charge in [0.2, 0.25) is 0 Å². The third kappa shape index (κ3) is 14.5. The van der Waals surface area contributed by atoms with Crippen molar-refractivity contribution in [1.82, 2.24) is 16.0 Å². The molecule has 0 heterocycles. The molecule has 0 bridgehead atoms. The highest BCUT2D eigenvalue weighted by molar-refractivity contribution is 5.90. The van der Waals surface area contributed by atoms with Crippen LogP contribution in [0.2, 0.25) is 0 Å². The molecule has 33 heavy (non-hydrogen) atoms. The van der Waals surface area contributed by atoms with Gasteiger partial charge >= 0.3 is 12.1 Å². The molecule has 1 rings (SSSR count). The maximum atomic E-state index is 12.2. The first-order chi connectivity index (χ1) is 15.7. The summed E-state index contributed by atoms with van der Waals surface area (Å²) in [5.41, 5.74) is 0.694. The van der Waals surface area contributed by atoms with E-state index in [1.165, 1.54) is 20.8 Å². The van der Waals surface area contributed by atoms with Crippen LogP contribution in [-0.2, 0) is 14.4 Å². The fourth-order valence-electron chi connectivity index (χ4n) is 2.83. The van der Waals surface area contributed by atoms with E-state index in [4.69, 9.17) is 0 Å². The first-order valence-electron chi connectivity index (χ1n) is 11.4. The molecule has 9 nitrogen and oxygen atoms in total. The van der Waals surface area contributed by atoms with Gasteiger partial charge in [-0.1, -0.05) is 32.0 Å². The second-order valence-corrected chi connectivity index (χ2v) is 7.43. The SMILES string of the molecule is CC.CC(=O)CCC(NC(=O)NC(CCCCNC(=O)Nc1ccccc1)C(C)=O)C(C)=O. The Morgan fingerprint density at radius 1 is 0.758 bits per heavy atom. The quantitative estimate of drug-likeness (QED) is 0.333. The van der Waals surface area contributed by atoms with Crippen LogP contribution in [-0.4, -0.2) is 48.0 Å². The minimum Gasteiger partial charge on any atom is -0.338 e. The average molecular weight is 463 g/mol. The molecular formula is C24H38N4O5. The third-order valence-corrected chi connectivity index (χ3v) is 4.61. The third-order valence-electron chi connectivity index (χ3n) is 4.61. The van der Waals surface area contributed by atoms with Gasteiger partial charge in [-0.15, -0.1) is 0 Å². The number of anilines is 1. The topological polar surface area (TPSA) is 133 Å². The summed E-state index contributed by atoms with van der Waals surface area (Å²) in [5, 5.41) is 10.6. The molecule has 0 radical (unpaired) electrons. The second kappa shape index (κ2) is 17.3. The summed E-state index contributed by atoms with van der Waals surface area (Å²) >= 11 is 0. The van der Waals surface area contributed by atoms with Crippen molar-refractivity contribution in [2.75, 3.05) is 11.9 Å². The number of urea groups is 2. The molecule has 0 spiro atoms. The molecule has 9 heteroatoms. The largest absolute Gasteiger partial charge is 0.338 e. The van der Waals surface area contributed by atoms with Crippen LogP contribution < -0.4 is 21.3 Å². The predicted octanol–water partition coefficient (Wildman–Crippen LogP) is 3.59. The van der Waals surface area contributed by atoms with Crippen molar-refractivity contribution in [3.05, 3.63) is 30.3 Å². The van der Waals surface area contributed by atoms with Gasteiger partial charge in [0.1, 0.15) is 5.78 Å². The van der Waals surface area contributed by atoms with E-state index in [9.17, 15) is 24.0 Å². The van der Waals surface area contributed by atoms with E-state index in [0.29, 0.717) is 31.5 Å². The zero-order valence-electron chi connectivity index (χ0n) is 20.3. The Balaban J connectivity index is 0.00000497. The van der Waals surface area contributed by atoms with E-state index >= 15 is 0 Å². The summed E-state index contributed by atoms with van der Waals surface area (Å²) in [5.74, 6) is -0.523. The minimum absolute atomic E-state index is 0.0684. The number of nitrogens with one attached hydrogen (secondary N) is 4. The summed E-state index contributed by atoms with van der Waals surface area (Å²) < 4.78 is 0. The number of para-hydroxylation sites is 1. The summed E-state index contributed by atoms with van der Waals surface area (Å²) in [4.78, 5) is 58.7. The Morgan fingerprint density at radius 2 is 1.30 bits per heavy atom. The van der Waals surface area contributed by atoms with Crippen LogP contribution in [0.15, 0.2) is 30.3 Å². The number of hydrogen-bond donors (Lipinski definition) is 4.